The monoisotopic (exact) mass is 527 g/mol. The van der Waals surface area contributed by atoms with Crippen LogP contribution in [0, 0.1) is 18.3 Å². The van der Waals surface area contributed by atoms with Crippen molar-refractivity contribution in [3.63, 3.8) is 0 Å². The quantitative estimate of drug-likeness (QED) is 0.392. The summed E-state index contributed by atoms with van der Waals surface area (Å²) in [6.07, 6.45) is 0.234. The first-order valence-electron chi connectivity index (χ1n) is 11.8. The van der Waals surface area contributed by atoms with Gasteiger partial charge in [-0.25, -0.2) is 13.4 Å². The zero-order valence-corrected chi connectivity index (χ0v) is 22.0. The zero-order valence-electron chi connectivity index (χ0n) is 20.4. The van der Waals surface area contributed by atoms with Crippen molar-refractivity contribution in [3.05, 3.63) is 48.0 Å². The van der Waals surface area contributed by atoms with Gasteiger partial charge in [-0.1, -0.05) is 29.5 Å². The van der Waals surface area contributed by atoms with Gasteiger partial charge in [-0.3, -0.25) is 4.79 Å². The molecular weight excluding hydrogens is 498 g/mol. The molecule has 190 valence electrons. The number of nitrogens with zero attached hydrogens (tertiary/aromatic N) is 5. The van der Waals surface area contributed by atoms with Crippen LogP contribution in [0.3, 0.4) is 0 Å². The molecule has 0 aliphatic carbocycles. The summed E-state index contributed by atoms with van der Waals surface area (Å²) in [7, 11) is -3.63. The molecule has 0 bridgehead atoms. The highest BCUT2D eigenvalue weighted by Gasteiger charge is 2.27. The molecule has 2 aromatic carbocycles. The molecule has 0 N–H and O–H groups in total. The Morgan fingerprint density at radius 2 is 1.92 bits per heavy atom. The minimum absolute atomic E-state index is 0.121. The van der Waals surface area contributed by atoms with Gasteiger partial charge in [-0.15, -0.1) is 0 Å². The molecule has 1 aromatic heterocycles. The van der Waals surface area contributed by atoms with Crippen LogP contribution in [0.15, 0.2) is 52.5 Å². The van der Waals surface area contributed by atoms with Gasteiger partial charge >= 0.3 is 0 Å². The van der Waals surface area contributed by atoms with Gasteiger partial charge in [0.2, 0.25) is 15.9 Å². The molecule has 3 aromatic rings. The summed E-state index contributed by atoms with van der Waals surface area (Å²) >= 11 is 1.31. The van der Waals surface area contributed by atoms with Crippen LogP contribution in [-0.2, 0) is 26.1 Å². The molecule has 1 fully saturated rings. The van der Waals surface area contributed by atoms with E-state index >= 15 is 0 Å². The van der Waals surface area contributed by atoms with E-state index in [2.05, 4.69) is 11.1 Å². The Bertz CT molecular complexity index is 1370. The number of morpholine rings is 1. The lowest BCUT2D eigenvalue weighted by atomic mass is 10.2. The molecule has 1 saturated heterocycles. The second-order valence-electron chi connectivity index (χ2n) is 8.38. The maximum Gasteiger partial charge on any atom is 0.243 e. The molecule has 0 saturated carbocycles. The van der Waals surface area contributed by atoms with Gasteiger partial charge in [0.05, 0.1) is 47.4 Å². The number of rotatable bonds is 9. The first kappa shape index (κ1) is 26.2. The van der Waals surface area contributed by atoms with Gasteiger partial charge in [-0.05, 0) is 44.2 Å². The molecule has 36 heavy (non-hydrogen) atoms. The van der Waals surface area contributed by atoms with Crippen molar-refractivity contribution in [2.75, 3.05) is 43.5 Å². The third-order valence-electron chi connectivity index (χ3n) is 6.03. The van der Waals surface area contributed by atoms with E-state index in [-0.39, 0.29) is 23.0 Å². The maximum absolute atomic E-state index is 13.1. The molecule has 2 heterocycles. The first-order chi connectivity index (χ1) is 17.3. The normalized spacial score (nSPS) is 14.6. The fourth-order valence-corrected chi connectivity index (χ4v) is 6.47. The standard InChI is InChI=1S/C25H29N5O4S2/c1-3-29-23-10-9-21(36(32,33)28-13-15-34-16-14-28)17-22(23)27-25(29)35-18-24(31)30(12-4-11-26)20-7-5-19(2)6-8-20/h5-10,17H,3-4,12-16,18H2,1-2H3. The molecule has 4 rings (SSSR count). The Morgan fingerprint density at radius 3 is 2.58 bits per heavy atom. The number of thioether (sulfide) groups is 1. The molecule has 1 aliphatic rings. The van der Waals surface area contributed by atoms with Crippen molar-refractivity contribution >= 4 is 44.4 Å². The number of hydrogen-bond donors (Lipinski definition) is 0. The second-order valence-corrected chi connectivity index (χ2v) is 11.3. The second kappa shape index (κ2) is 11.4. The van der Waals surface area contributed by atoms with Gasteiger partial charge in [-0.2, -0.15) is 9.57 Å². The van der Waals surface area contributed by atoms with E-state index in [1.165, 1.54) is 16.1 Å². The van der Waals surface area contributed by atoms with Crippen LogP contribution in [-0.4, -0.2) is 66.8 Å². The van der Waals surface area contributed by atoms with Crippen LogP contribution < -0.4 is 4.90 Å². The Balaban J connectivity index is 1.56. The fourth-order valence-electron chi connectivity index (χ4n) is 4.09. The van der Waals surface area contributed by atoms with Crippen LogP contribution in [0.1, 0.15) is 18.9 Å². The van der Waals surface area contributed by atoms with E-state index in [0.717, 1.165) is 16.8 Å². The van der Waals surface area contributed by atoms with Crippen LogP contribution in [0.5, 0.6) is 0 Å². The number of sulfonamides is 1. The number of carbonyl (C=O) groups is 1. The highest BCUT2D eigenvalue weighted by molar-refractivity contribution is 7.99. The molecule has 1 amide bonds. The largest absolute Gasteiger partial charge is 0.379 e. The average molecular weight is 528 g/mol. The number of ether oxygens (including phenoxy) is 1. The van der Waals surface area contributed by atoms with Crippen molar-refractivity contribution in [1.29, 1.82) is 5.26 Å². The predicted molar refractivity (Wildman–Crippen MR) is 139 cm³/mol. The number of imidazole rings is 1. The molecule has 0 unspecified atom stereocenters. The van der Waals surface area contributed by atoms with Crippen molar-refractivity contribution in [1.82, 2.24) is 13.9 Å². The molecule has 0 spiro atoms. The van der Waals surface area contributed by atoms with Crippen LogP contribution in [0.25, 0.3) is 11.0 Å². The SMILES string of the molecule is CCn1c(SCC(=O)N(CCC#N)c2ccc(C)cc2)nc2cc(S(=O)(=O)N3CCOCC3)ccc21. The van der Waals surface area contributed by atoms with Gasteiger partial charge in [0.25, 0.3) is 0 Å². The maximum atomic E-state index is 13.1. The van der Waals surface area contributed by atoms with Gasteiger partial charge in [0, 0.05) is 31.9 Å². The molecule has 11 heteroatoms. The van der Waals surface area contributed by atoms with Crippen LogP contribution in [0.2, 0.25) is 0 Å². The highest BCUT2D eigenvalue weighted by atomic mass is 32.2. The number of benzene rings is 2. The van der Waals surface area contributed by atoms with E-state index in [9.17, 15) is 13.2 Å². The lowest BCUT2D eigenvalue weighted by Crippen LogP contribution is -2.40. The van der Waals surface area contributed by atoms with E-state index in [1.807, 2.05) is 42.7 Å². The summed E-state index contributed by atoms with van der Waals surface area (Å²) in [4.78, 5) is 19.7. The summed E-state index contributed by atoms with van der Waals surface area (Å²) in [5, 5.41) is 9.69. The minimum atomic E-state index is -3.63. The Kier molecular flexibility index (Phi) is 8.31. The molecule has 9 nitrogen and oxygen atoms in total. The third-order valence-corrected chi connectivity index (χ3v) is 8.88. The average Bonchev–Trinajstić information content (AvgIpc) is 3.26. The first-order valence-corrected chi connectivity index (χ1v) is 14.2. The highest BCUT2D eigenvalue weighted by Crippen LogP contribution is 2.28. The minimum Gasteiger partial charge on any atom is -0.379 e. The molecular formula is C25H29N5O4S2. The molecule has 1 aliphatic heterocycles. The number of nitriles is 1. The number of hydrogen-bond acceptors (Lipinski definition) is 7. The Hall–Kier alpha value is -2.91. The van der Waals surface area contributed by atoms with E-state index < -0.39 is 10.0 Å². The fraction of sp³-hybridized carbons (Fsp3) is 0.400. The number of amides is 1. The van der Waals surface area contributed by atoms with E-state index in [0.29, 0.717) is 50.1 Å². The van der Waals surface area contributed by atoms with E-state index in [1.54, 1.807) is 23.1 Å². The summed E-state index contributed by atoms with van der Waals surface area (Å²) in [5.41, 5.74) is 3.23. The zero-order chi connectivity index (χ0) is 25.7. The number of aryl methyl sites for hydroxylation is 2. The van der Waals surface area contributed by atoms with Crippen molar-refractivity contribution < 1.29 is 17.9 Å². The molecule has 0 atom stereocenters. The van der Waals surface area contributed by atoms with Gasteiger partial charge in [0.15, 0.2) is 5.16 Å². The topological polar surface area (TPSA) is 109 Å². The lowest BCUT2D eigenvalue weighted by Gasteiger charge is -2.26. The number of aromatic nitrogens is 2. The Labute approximate surface area is 215 Å². The number of fused-ring (bicyclic) bond motifs is 1. The predicted octanol–water partition coefficient (Wildman–Crippen LogP) is 3.42. The Morgan fingerprint density at radius 1 is 1.19 bits per heavy atom. The molecule has 0 radical (unpaired) electrons. The van der Waals surface area contributed by atoms with Gasteiger partial charge < -0.3 is 14.2 Å². The number of carbonyl (C=O) groups excluding carboxylic acids is 1. The third kappa shape index (κ3) is 5.57. The van der Waals surface area contributed by atoms with Crippen LogP contribution in [0.4, 0.5) is 5.69 Å². The van der Waals surface area contributed by atoms with Gasteiger partial charge in [0.1, 0.15) is 0 Å². The summed E-state index contributed by atoms with van der Waals surface area (Å²) < 4.78 is 34.9. The number of anilines is 1. The van der Waals surface area contributed by atoms with E-state index in [4.69, 9.17) is 10.00 Å². The van der Waals surface area contributed by atoms with Crippen molar-refractivity contribution in [2.45, 2.75) is 36.9 Å². The van der Waals surface area contributed by atoms with Crippen LogP contribution >= 0.6 is 11.8 Å². The lowest BCUT2D eigenvalue weighted by molar-refractivity contribution is -0.116. The van der Waals surface area contributed by atoms with Crippen molar-refractivity contribution in [2.24, 2.45) is 0 Å². The summed E-state index contributed by atoms with van der Waals surface area (Å²) in [5.74, 6) is 0.0195. The summed E-state index contributed by atoms with van der Waals surface area (Å²) in [6, 6.07) is 14.7. The summed E-state index contributed by atoms with van der Waals surface area (Å²) in [6.45, 7) is 6.32. The van der Waals surface area contributed by atoms with Crippen molar-refractivity contribution in [3.8, 4) is 6.07 Å². The smallest absolute Gasteiger partial charge is 0.243 e.